The molecule has 0 aromatic heterocycles. The van der Waals surface area contributed by atoms with E-state index in [1.54, 1.807) is 44.4 Å². The second-order valence-electron chi connectivity index (χ2n) is 8.08. The molecule has 1 amide bonds. The maximum Gasteiger partial charge on any atom is 0.261 e. The molecule has 0 saturated carbocycles. The van der Waals surface area contributed by atoms with E-state index in [2.05, 4.69) is 0 Å². The van der Waals surface area contributed by atoms with E-state index in [-0.39, 0.29) is 19.1 Å². The summed E-state index contributed by atoms with van der Waals surface area (Å²) in [5, 5.41) is 0.830. The highest BCUT2D eigenvalue weighted by Gasteiger charge is 2.33. The first kappa shape index (κ1) is 25.8. The standard InChI is InChI=1S/C27H27Cl2NO6/c1-32-23-6-4-5-7-24(23)35-15-21-19-14-26(34-3)25(33-2)12-17(19)10-11-30(21)27(31)16-36-22-9-8-18(28)13-20(22)29/h4-9,12-14,21H,10-11,15-16H2,1-3H3/t21-/m1/s1. The quantitative estimate of drug-likeness (QED) is 0.358. The fourth-order valence-corrected chi connectivity index (χ4v) is 4.69. The van der Waals surface area contributed by atoms with Crippen molar-refractivity contribution in [3.8, 4) is 28.7 Å². The Hall–Kier alpha value is -3.29. The Morgan fingerprint density at radius 3 is 2.25 bits per heavy atom. The monoisotopic (exact) mass is 531 g/mol. The van der Waals surface area contributed by atoms with Crippen LogP contribution in [0.1, 0.15) is 17.2 Å². The highest BCUT2D eigenvalue weighted by Crippen LogP contribution is 2.39. The van der Waals surface area contributed by atoms with E-state index in [1.165, 1.54) is 0 Å². The summed E-state index contributed by atoms with van der Waals surface area (Å²) in [6.45, 7) is 0.504. The molecule has 0 unspecified atom stereocenters. The van der Waals surface area contributed by atoms with Crippen molar-refractivity contribution >= 4 is 29.1 Å². The Kier molecular flexibility index (Phi) is 8.33. The van der Waals surface area contributed by atoms with Crippen molar-refractivity contribution in [2.24, 2.45) is 0 Å². The number of para-hydroxylation sites is 2. The van der Waals surface area contributed by atoms with Crippen LogP contribution in [-0.4, -0.2) is 51.9 Å². The van der Waals surface area contributed by atoms with Crippen LogP contribution in [0.3, 0.4) is 0 Å². The highest BCUT2D eigenvalue weighted by molar-refractivity contribution is 6.35. The summed E-state index contributed by atoms with van der Waals surface area (Å²) >= 11 is 12.2. The molecule has 0 fully saturated rings. The first-order valence-corrected chi connectivity index (χ1v) is 12.1. The van der Waals surface area contributed by atoms with Gasteiger partial charge < -0.3 is 28.6 Å². The predicted octanol–water partition coefficient (Wildman–Crippen LogP) is 5.60. The van der Waals surface area contributed by atoms with Crippen LogP contribution in [0.25, 0.3) is 0 Å². The van der Waals surface area contributed by atoms with Gasteiger partial charge in [-0.1, -0.05) is 35.3 Å². The van der Waals surface area contributed by atoms with Gasteiger partial charge >= 0.3 is 0 Å². The number of amides is 1. The zero-order chi connectivity index (χ0) is 25.7. The predicted molar refractivity (Wildman–Crippen MR) is 138 cm³/mol. The lowest BCUT2D eigenvalue weighted by atomic mass is 9.92. The Bertz CT molecular complexity index is 1230. The SMILES string of the molecule is COc1cc2c(cc1OC)[C@@H](COc1ccccc1OC)N(C(=O)COc1ccc(Cl)cc1Cl)CC2. The fourth-order valence-electron chi connectivity index (χ4n) is 4.23. The first-order chi connectivity index (χ1) is 17.4. The third kappa shape index (κ3) is 5.58. The molecule has 1 heterocycles. The van der Waals surface area contributed by atoms with Crippen molar-refractivity contribution in [1.82, 2.24) is 4.90 Å². The Morgan fingerprint density at radius 1 is 0.861 bits per heavy atom. The molecule has 4 rings (SSSR count). The molecule has 0 spiro atoms. The van der Waals surface area contributed by atoms with E-state index in [0.717, 1.165) is 11.1 Å². The lowest BCUT2D eigenvalue weighted by molar-refractivity contribution is -0.137. The number of nitrogens with zero attached hydrogens (tertiary/aromatic N) is 1. The number of benzene rings is 3. The minimum Gasteiger partial charge on any atom is -0.493 e. The van der Waals surface area contributed by atoms with Crippen molar-refractivity contribution in [3.05, 3.63) is 75.8 Å². The van der Waals surface area contributed by atoms with Crippen LogP contribution in [0.4, 0.5) is 0 Å². The van der Waals surface area contributed by atoms with Crippen LogP contribution in [0.2, 0.25) is 10.0 Å². The molecule has 3 aromatic carbocycles. The van der Waals surface area contributed by atoms with E-state index in [4.69, 9.17) is 46.9 Å². The molecule has 1 aliphatic heterocycles. The van der Waals surface area contributed by atoms with Gasteiger partial charge in [-0.2, -0.15) is 0 Å². The Balaban J connectivity index is 1.61. The molecule has 1 aliphatic rings. The maximum atomic E-state index is 13.4. The smallest absolute Gasteiger partial charge is 0.261 e. The van der Waals surface area contributed by atoms with Crippen LogP contribution in [0, 0.1) is 0 Å². The number of ether oxygens (including phenoxy) is 5. The summed E-state index contributed by atoms with van der Waals surface area (Å²) in [7, 11) is 4.77. The minimum absolute atomic E-state index is 0.185. The van der Waals surface area contributed by atoms with Gasteiger partial charge in [0.25, 0.3) is 5.91 Å². The number of hydrogen-bond acceptors (Lipinski definition) is 6. The summed E-state index contributed by atoms with van der Waals surface area (Å²) < 4.78 is 28.3. The van der Waals surface area contributed by atoms with Crippen molar-refractivity contribution < 1.29 is 28.5 Å². The van der Waals surface area contributed by atoms with Crippen molar-refractivity contribution in [1.29, 1.82) is 0 Å². The zero-order valence-electron chi connectivity index (χ0n) is 20.3. The van der Waals surface area contributed by atoms with Crippen LogP contribution in [0.15, 0.2) is 54.6 Å². The van der Waals surface area contributed by atoms with E-state index in [9.17, 15) is 4.79 Å². The molecule has 7 nitrogen and oxygen atoms in total. The summed E-state index contributed by atoms with van der Waals surface area (Å²) in [4.78, 5) is 15.1. The molecule has 36 heavy (non-hydrogen) atoms. The maximum absolute atomic E-state index is 13.4. The van der Waals surface area contributed by atoms with Crippen LogP contribution >= 0.6 is 23.2 Å². The summed E-state index contributed by atoms with van der Waals surface area (Å²) in [5.41, 5.74) is 1.98. The molecular weight excluding hydrogens is 505 g/mol. The molecule has 1 atom stereocenters. The summed E-state index contributed by atoms with van der Waals surface area (Å²) in [6.07, 6.45) is 0.647. The third-order valence-electron chi connectivity index (χ3n) is 6.03. The van der Waals surface area contributed by atoms with E-state index in [0.29, 0.717) is 51.8 Å². The van der Waals surface area contributed by atoms with Crippen LogP contribution < -0.4 is 23.7 Å². The van der Waals surface area contributed by atoms with Gasteiger partial charge in [0.05, 0.1) is 32.4 Å². The van der Waals surface area contributed by atoms with Gasteiger partial charge in [-0.3, -0.25) is 4.79 Å². The van der Waals surface area contributed by atoms with Gasteiger partial charge in [-0.25, -0.2) is 0 Å². The molecule has 0 radical (unpaired) electrons. The molecule has 0 saturated heterocycles. The Morgan fingerprint density at radius 2 is 1.56 bits per heavy atom. The molecule has 9 heteroatoms. The average Bonchev–Trinajstić information content (AvgIpc) is 2.90. The number of halogens is 2. The molecule has 0 N–H and O–H groups in total. The lowest BCUT2D eigenvalue weighted by Crippen LogP contribution is -2.44. The molecular formula is C27H27Cl2NO6. The fraction of sp³-hybridized carbons (Fsp3) is 0.296. The van der Waals surface area contributed by atoms with Gasteiger partial charge in [0, 0.05) is 11.6 Å². The largest absolute Gasteiger partial charge is 0.493 e. The number of rotatable bonds is 9. The van der Waals surface area contributed by atoms with Gasteiger partial charge in [-0.15, -0.1) is 0 Å². The van der Waals surface area contributed by atoms with Crippen LogP contribution in [-0.2, 0) is 11.2 Å². The number of hydrogen-bond donors (Lipinski definition) is 0. The molecule has 190 valence electrons. The third-order valence-corrected chi connectivity index (χ3v) is 6.56. The highest BCUT2D eigenvalue weighted by atomic mass is 35.5. The van der Waals surface area contributed by atoms with Crippen molar-refractivity contribution in [2.75, 3.05) is 41.1 Å². The second kappa shape index (κ2) is 11.6. The Labute approximate surface area is 220 Å². The summed E-state index contributed by atoms with van der Waals surface area (Å²) in [6, 6.07) is 15.7. The van der Waals surface area contributed by atoms with Gasteiger partial charge in [0.1, 0.15) is 12.4 Å². The van der Waals surface area contributed by atoms with Gasteiger partial charge in [0.2, 0.25) is 0 Å². The van der Waals surface area contributed by atoms with Gasteiger partial charge in [-0.05, 0) is 60.0 Å². The summed E-state index contributed by atoms with van der Waals surface area (Å²) in [5.74, 6) is 2.61. The first-order valence-electron chi connectivity index (χ1n) is 11.3. The minimum atomic E-state index is -0.393. The average molecular weight is 532 g/mol. The van der Waals surface area contributed by atoms with E-state index < -0.39 is 6.04 Å². The molecule has 3 aromatic rings. The topological polar surface area (TPSA) is 66.5 Å². The molecule has 0 bridgehead atoms. The van der Waals surface area contributed by atoms with Gasteiger partial charge in [0.15, 0.2) is 29.6 Å². The zero-order valence-corrected chi connectivity index (χ0v) is 21.8. The van der Waals surface area contributed by atoms with E-state index >= 15 is 0 Å². The van der Waals surface area contributed by atoms with Crippen molar-refractivity contribution in [3.63, 3.8) is 0 Å². The number of carbonyl (C=O) groups is 1. The number of carbonyl (C=O) groups excluding carboxylic acids is 1. The van der Waals surface area contributed by atoms with E-state index in [1.807, 2.05) is 36.4 Å². The normalized spacial score (nSPS) is 14.6. The lowest BCUT2D eigenvalue weighted by Gasteiger charge is -2.37. The number of methoxy groups -OCH3 is 3. The molecule has 0 aliphatic carbocycles. The van der Waals surface area contributed by atoms with Crippen molar-refractivity contribution in [2.45, 2.75) is 12.5 Å². The number of fused-ring (bicyclic) bond motifs is 1. The van der Waals surface area contributed by atoms with Crippen LogP contribution in [0.5, 0.6) is 28.7 Å². The second-order valence-corrected chi connectivity index (χ2v) is 8.93.